The second-order valence-corrected chi connectivity index (χ2v) is 8.22. The van der Waals surface area contributed by atoms with Gasteiger partial charge in [0.15, 0.2) is 0 Å². The fourth-order valence-corrected chi connectivity index (χ4v) is 4.45. The van der Waals surface area contributed by atoms with Crippen molar-refractivity contribution in [2.24, 2.45) is 0 Å². The minimum absolute atomic E-state index is 0.261. The molecule has 0 aliphatic carbocycles. The highest BCUT2D eigenvalue weighted by Gasteiger charge is 2.31. The Balaban J connectivity index is 1.81. The molecule has 1 aliphatic rings. The van der Waals surface area contributed by atoms with Crippen LogP contribution in [0.5, 0.6) is 0 Å². The van der Waals surface area contributed by atoms with Gasteiger partial charge < -0.3 is 15.4 Å². The van der Waals surface area contributed by atoms with Crippen molar-refractivity contribution in [3.8, 4) is 0 Å². The standard InChI is InChI=1S/C19H23N3O4S/c1-14-3-7-17(8-4-14)27(24,25)22-11-9-15-5-6-16(13-18(15)22)21-19(23)20-10-12-26-2/h3-8,13H,9-12H2,1-2H3,(H2,20,21,23). The Hall–Kier alpha value is -2.58. The number of methoxy groups -OCH3 is 1. The summed E-state index contributed by atoms with van der Waals surface area (Å²) in [7, 11) is -2.08. The Morgan fingerprint density at radius 2 is 1.93 bits per heavy atom. The molecule has 0 atom stereocenters. The van der Waals surface area contributed by atoms with E-state index in [0.717, 1.165) is 11.1 Å². The van der Waals surface area contributed by atoms with E-state index in [1.165, 1.54) is 4.31 Å². The number of aryl methyl sites for hydroxylation is 1. The van der Waals surface area contributed by atoms with Gasteiger partial charge in [0.25, 0.3) is 10.0 Å². The smallest absolute Gasteiger partial charge is 0.319 e. The number of nitrogens with one attached hydrogen (secondary N) is 2. The summed E-state index contributed by atoms with van der Waals surface area (Å²) in [5.41, 5.74) is 3.08. The number of sulfonamides is 1. The summed E-state index contributed by atoms with van der Waals surface area (Å²) in [5, 5.41) is 5.39. The lowest BCUT2D eigenvalue weighted by Gasteiger charge is -2.20. The van der Waals surface area contributed by atoms with Gasteiger partial charge >= 0.3 is 6.03 Å². The van der Waals surface area contributed by atoms with Crippen LogP contribution in [-0.4, -0.2) is 41.3 Å². The van der Waals surface area contributed by atoms with Crippen molar-refractivity contribution in [1.29, 1.82) is 0 Å². The van der Waals surface area contributed by atoms with Crippen molar-refractivity contribution in [3.63, 3.8) is 0 Å². The molecular weight excluding hydrogens is 366 g/mol. The average Bonchev–Trinajstić information content (AvgIpc) is 3.06. The summed E-state index contributed by atoms with van der Waals surface area (Å²) >= 11 is 0. The molecule has 8 heteroatoms. The number of urea groups is 1. The fraction of sp³-hybridized carbons (Fsp3) is 0.316. The Bertz CT molecular complexity index is 926. The summed E-state index contributed by atoms with van der Waals surface area (Å²) in [4.78, 5) is 12.2. The van der Waals surface area contributed by atoms with Crippen LogP contribution in [0, 0.1) is 6.92 Å². The quantitative estimate of drug-likeness (QED) is 0.743. The molecule has 2 amide bonds. The number of hydrogen-bond donors (Lipinski definition) is 2. The third-order valence-corrected chi connectivity index (χ3v) is 6.22. The molecule has 27 heavy (non-hydrogen) atoms. The first-order chi connectivity index (χ1) is 12.9. The summed E-state index contributed by atoms with van der Waals surface area (Å²) in [5.74, 6) is 0. The molecule has 0 spiro atoms. The van der Waals surface area contributed by atoms with Crippen molar-refractivity contribution >= 4 is 27.4 Å². The molecule has 0 bridgehead atoms. The predicted molar refractivity (Wildman–Crippen MR) is 105 cm³/mol. The van der Waals surface area contributed by atoms with Crippen LogP contribution in [0.1, 0.15) is 11.1 Å². The van der Waals surface area contributed by atoms with Gasteiger partial charge in [0.05, 0.1) is 17.2 Å². The van der Waals surface area contributed by atoms with Crippen LogP contribution in [0.3, 0.4) is 0 Å². The van der Waals surface area contributed by atoms with Gasteiger partial charge in [-0.3, -0.25) is 4.31 Å². The monoisotopic (exact) mass is 389 g/mol. The highest BCUT2D eigenvalue weighted by Crippen LogP contribution is 2.35. The van der Waals surface area contributed by atoms with Crippen LogP contribution < -0.4 is 14.9 Å². The maximum atomic E-state index is 13.0. The summed E-state index contributed by atoms with van der Waals surface area (Å²) in [6, 6.07) is 11.8. The van der Waals surface area contributed by atoms with Gasteiger partial charge in [0.1, 0.15) is 0 Å². The van der Waals surface area contributed by atoms with Crippen molar-refractivity contribution in [2.75, 3.05) is 36.4 Å². The Morgan fingerprint density at radius 3 is 2.63 bits per heavy atom. The summed E-state index contributed by atoms with van der Waals surface area (Å²) in [6.07, 6.45) is 0.640. The van der Waals surface area contributed by atoms with E-state index < -0.39 is 10.0 Å². The van der Waals surface area contributed by atoms with Crippen LogP contribution in [0.15, 0.2) is 47.4 Å². The molecular formula is C19H23N3O4S. The zero-order valence-corrected chi connectivity index (χ0v) is 16.2. The van der Waals surface area contributed by atoms with E-state index in [2.05, 4.69) is 10.6 Å². The van der Waals surface area contributed by atoms with E-state index in [4.69, 9.17) is 4.74 Å². The maximum absolute atomic E-state index is 13.0. The van der Waals surface area contributed by atoms with Crippen molar-refractivity contribution in [3.05, 3.63) is 53.6 Å². The molecule has 0 unspecified atom stereocenters. The zero-order chi connectivity index (χ0) is 19.4. The first-order valence-corrected chi connectivity index (χ1v) is 10.1. The third kappa shape index (κ3) is 4.23. The molecule has 1 heterocycles. The molecule has 0 aromatic heterocycles. The minimum Gasteiger partial charge on any atom is -0.383 e. The molecule has 144 valence electrons. The molecule has 2 aromatic rings. The molecule has 0 fully saturated rings. The maximum Gasteiger partial charge on any atom is 0.319 e. The van der Waals surface area contributed by atoms with Gasteiger partial charge in [0.2, 0.25) is 0 Å². The number of anilines is 2. The molecule has 0 saturated carbocycles. The fourth-order valence-electron chi connectivity index (χ4n) is 2.96. The number of rotatable bonds is 6. The molecule has 3 rings (SSSR count). The van der Waals surface area contributed by atoms with E-state index in [9.17, 15) is 13.2 Å². The largest absolute Gasteiger partial charge is 0.383 e. The predicted octanol–water partition coefficient (Wildman–Crippen LogP) is 2.51. The van der Waals surface area contributed by atoms with Crippen LogP contribution in [-0.2, 0) is 21.2 Å². The second kappa shape index (κ2) is 7.98. The number of carbonyl (C=O) groups excluding carboxylic acids is 1. The molecule has 2 N–H and O–H groups in total. The number of ether oxygens (including phenoxy) is 1. The first-order valence-electron chi connectivity index (χ1n) is 8.68. The lowest BCUT2D eigenvalue weighted by Crippen LogP contribution is -2.31. The SMILES string of the molecule is COCCNC(=O)Nc1ccc2c(c1)N(S(=O)(=O)c1ccc(C)cc1)CC2. The normalized spacial score (nSPS) is 13.3. The van der Waals surface area contributed by atoms with Gasteiger partial charge in [-0.05, 0) is 43.2 Å². The number of hydrogen-bond acceptors (Lipinski definition) is 4. The van der Waals surface area contributed by atoms with E-state index >= 15 is 0 Å². The van der Waals surface area contributed by atoms with Gasteiger partial charge in [0, 0.05) is 25.9 Å². The lowest BCUT2D eigenvalue weighted by atomic mass is 10.1. The lowest BCUT2D eigenvalue weighted by molar-refractivity contribution is 0.198. The Labute approximate surface area is 159 Å². The number of fused-ring (bicyclic) bond motifs is 1. The topological polar surface area (TPSA) is 87.7 Å². The average molecular weight is 389 g/mol. The number of amides is 2. The van der Waals surface area contributed by atoms with Gasteiger partial charge in [-0.15, -0.1) is 0 Å². The molecule has 1 aliphatic heterocycles. The van der Waals surface area contributed by atoms with Crippen LogP contribution >= 0.6 is 0 Å². The van der Waals surface area contributed by atoms with Crippen molar-refractivity contribution in [1.82, 2.24) is 5.32 Å². The second-order valence-electron chi connectivity index (χ2n) is 6.36. The highest BCUT2D eigenvalue weighted by molar-refractivity contribution is 7.92. The Kier molecular flexibility index (Phi) is 5.67. The number of benzene rings is 2. The van der Waals surface area contributed by atoms with Crippen molar-refractivity contribution in [2.45, 2.75) is 18.2 Å². The number of carbonyl (C=O) groups is 1. The molecule has 0 saturated heterocycles. The Morgan fingerprint density at radius 1 is 1.19 bits per heavy atom. The van der Waals surface area contributed by atoms with Gasteiger partial charge in [-0.1, -0.05) is 23.8 Å². The van der Waals surface area contributed by atoms with Crippen molar-refractivity contribution < 1.29 is 17.9 Å². The minimum atomic E-state index is -3.64. The summed E-state index contributed by atoms with van der Waals surface area (Å²) < 4.78 is 32.3. The van der Waals surface area contributed by atoms with Crippen LogP contribution in [0.25, 0.3) is 0 Å². The number of nitrogens with zero attached hydrogens (tertiary/aromatic N) is 1. The van der Waals surface area contributed by atoms with Gasteiger partial charge in [-0.2, -0.15) is 0 Å². The van der Waals surface area contributed by atoms with E-state index in [0.29, 0.717) is 37.5 Å². The zero-order valence-electron chi connectivity index (χ0n) is 15.4. The third-order valence-electron chi connectivity index (χ3n) is 4.40. The highest BCUT2D eigenvalue weighted by atomic mass is 32.2. The molecule has 2 aromatic carbocycles. The van der Waals surface area contributed by atoms with Crippen LogP contribution in [0.2, 0.25) is 0 Å². The molecule has 7 nitrogen and oxygen atoms in total. The summed E-state index contributed by atoms with van der Waals surface area (Å²) in [6.45, 7) is 3.10. The van der Waals surface area contributed by atoms with Crippen LogP contribution in [0.4, 0.5) is 16.2 Å². The molecule has 0 radical (unpaired) electrons. The van der Waals surface area contributed by atoms with E-state index in [-0.39, 0.29) is 10.9 Å². The van der Waals surface area contributed by atoms with E-state index in [1.54, 1.807) is 43.5 Å². The van der Waals surface area contributed by atoms with Gasteiger partial charge in [-0.25, -0.2) is 13.2 Å². The first kappa shape index (κ1) is 19.2. The van der Waals surface area contributed by atoms with E-state index in [1.807, 2.05) is 13.0 Å².